The average molecular weight is 238 g/mol. The molecular weight excluding hydrogens is 227 g/mol. The molecule has 0 aliphatic heterocycles. The van der Waals surface area contributed by atoms with Gasteiger partial charge in [-0.05, 0) is 12.1 Å². The number of carbonyl (C=O) groups excluding carboxylic acids is 1. The molecule has 0 aliphatic carbocycles. The van der Waals surface area contributed by atoms with Gasteiger partial charge in [-0.3, -0.25) is 4.79 Å². The topological polar surface area (TPSA) is 37.3 Å². The summed E-state index contributed by atoms with van der Waals surface area (Å²) in [6.45, 7) is 1.50. The molecule has 0 amide bonds. The molecule has 0 aromatic heterocycles. The fourth-order valence-corrected chi connectivity index (χ4v) is 1.51. The van der Waals surface area contributed by atoms with Crippen molar-refractivity contribution in [3.63, 3.8) is 0 Å². The minimum absolute atomic E-state index is 0.0615. The van der Waals surface area contributed by atoms with Crippen molar-refractivity contribution < 1.29 is 14.3 Å². The summed E-state index contributed by atoms with van der Waals surface area (Å²) in [7, 11) is 0. The molecule has 0 unspecified atom stereocenters. The second-order valence-electron chi connectivity index (χ2n) is 3.05. The van der Waals surface area contributed by atoms with E-state index < -0.39 is 5.82 Å². The van der Waals surface area contributed by atoms with Crippen LogP contribution in [0.15, 0.2) is 18.2 Å². The summed E-state index contributed by atoms with van der Waals surface area (Å²) < 4.78 is 12.6. The van der Waals surface area contributed by atoms with Crippen molar-refractivity contribution in [2.45, 2.75) is 13.3 Å². The maximum Gasteiger partial charge on any atom is 0.185 e. The average Bonchev–Trinajstić information content (AvgIpc) is 2.20. The quantitative estimate of drug-likeness (QED) is 0.635. The molecule has 84 valence electrons. The van der Waals surface area contributed by atoms with Crippen molar-refractivity contribution in [3.05, 3.63) is 29.6 Å². The summed E-state index contributed by atoms with van der Waals surface area (Å²) in [6, 6.07) is 3.69. The third-order valence-electron chi connectivity index (χ3n) is 1.72. The molecule has 1 aromatic carbocycles. The van der Waals surface area contributed by atoms with E-state index in [1.807, 2.05) is 0 Å². The molecule has 0 heterocycles. The Labute approximate surface area is 97.9 Å². The number of hydrogen-bond donors (Lipinski definition) is 1. The number of carbonyl (C=O) groups is 1. The van der Waals surface area contributed by atoms with E-state index in [0.29, 0.717) is 17.7 Å². The lowest BCUT2D eigenvalue weighted by Gasteiger charge is -1.95. The van der Waals surface area contributed by atoms with Crippen molar-refractivity contribution in [2.75, 3.05) is 5.75 Å². The molecule has 0 saturated heterocycles. The highest BCUT2D eigenvalue weighted by atomic mass is 32.2. The standard InChI is InChI=1S/C12H11FO2S/c1-9(14)16-7-3-2-4-10-5-6-11(13)8-12(10)15/h5-6,8,15H,3,7H2,1H3. The van der Waals surface area contributed by atoms with Crippen molar-refractivity contribution in [1.29, 1.82) is 0 Å². The highest BCUT2D eigenvalue weighted by molar-refractivity contribution is 8.13. The predicted octanol–water partition coefficient (Wildman–Crippen LogP) is 2.55. The molecule has 0 bridgehead atoms. The van der Waals surface area contributed by atoms with E-state index in [2.05, 4.69) is 11.8 Å². The summed E-state index contributed by atoms with van der Waals surface area (Å²) in [5, 5.41) is 9.40. The number of phenolic OH excluding ortho intramolecular Hbond substituents is 1. The van der Waals surface area contributed by atoms with Gasteiger partial charge >= 0.3 is 0 Å². The van der Waals surface area contributed by atoms with Gasteiger partial charge in [0.05, 0.1) is 5.56 Å². The SMILES string of the molecule is CC(=O)SCCC#Cc1ccc(F)cc1O. The summed E-state index contributed by atoms with van der Waals surface area (Å²) in [5.74, 6) is 5.51. The van der Waals surface area contributed by atoms with E-state index in [-0.39, 0.29) is 10.9 Å². The summed E-state index contributed by atoms with van der Waals surface area (Å²) in [5.41, 5.74) is 0.397. The number of rotatable bonds is 2. The zero-order valence-corrected chi connectivity index (χ0v) is 9.60. The first-order valence-electron chi connectivity index (χ1n) is 4.70. The lowest BCUT2D eigenvalue weighted by atomic mass is 10.2. The first kappa shape index (κ1) is 12.6. The fraction of sp³-hybridized carbons (Fsp3) is 0.250. The van der Waals surface area contributed by atoms with E-state index in [9.17, 15) is 14.3 Å². The minimum atomic E-state index is -0.491. The van der Waals surface area contributed by atoms with Crippen LogP contribution < -0.4 is 0 Å². The lowest BCUT2D eigenvalue weighted by Crippen LogP contribution is -1.84. The van der Waals surface area contributed by atoms with E-state index in [0.717, 1.165) is 6.07 Å². The van der Waals surface area contributed by atoms with Crippen molar-refractivity contribution >= 4 is 16.9 Å². The second-order valence-corrected chi connectivity index (χ2v) is 4.33. The van der Waals surface area contributed by atoms with Crippen LogP contribution in [0.25, 0.3) is 0 Å². The van der Waals surface area contributed by atoms with Gasteiger partial charge in [0, 0.05) is 25.2 Å². The number of benzene rings is 1. The number of aromatic hydroxyl groups is 1. The van der Waals surface area contributed by atoms with Gasteiger partial charge in [0.2, 0.25) is 0 Å². The third-order valence-corrected chi connectivity index (χ3v) is 2.53. The Morgan fingerprint density at radius 2 is 2.31 bits per heavy atom. The second kappa shape index (κ2) is 6.19. The summed E-state index contributed by atoms with van der Waals surface area (Å²) in [4.78, 5) is 10.6. The molecule has 0 atom stereocenters. The Kier molecular flexibility index (Phi) is 4.87. The monoisotopic (exact) mass is 238 g/mol. The number of thioether (sulfide) groups is 1. The molecule has 2 nitrogen and oxygen atoms in total. The van der Waals surface area contributed by atoms with Crippen LogP contribution in [-0.4, -0.2) is 16.0 Å². The zero-order valence-electron chi connectivity index (χ0n) is 8.79. The maximum atomic E-state index is 12.6. The van der Waals surface area contributed by atoms with Crippen LogP contribution >= 0.6 is 11.8 Å². The Morgan fingerprint density at radius 3 is 2.94 bits per heavy atom. The van der Waals surface area contributed by atoms with Crippen LogP contribution in [0.2, 0.25) is 0 Å². The number of halogens is 1. The fourth-order valence-electron chi connectivity index (χ4n) is 1.01. The maximum absolute atomic E-state index is 12.6. The zero-order chi connectivity index (χ0) is 12.0. The molecule has 0 radical (unpaired) electrons. The number of phenols is 1. The predicted molar refractivity (Wildman–Crippen MR) is 62.7 cm³/mol. The van der Waals surface area contributed by atoms with Gasteiger partial charge in [0.1, 0.15) is 11.6 Å². The molecule has 16 heavy (non-hydrogen) atoms. The van der Waals surface area contributed by atoms with E-state index in [1.165, 1.54) is 30.8 Å². The van der Waals surface area contributed by atoms with Crippen LogP contribution in [0.5, 0.6) is 5.75 Å². The summed E-state index contributed by atoms with van der Waals surface area (Å²) >= 11 is 1.21. The van der Waals surface area contributed by atoms with Crippen LogP contribution in [0, 0.1) is 17.7 Å². The van der Waals surface area contributed by atoms with Crippen molar-refractivity contribution in [1.82, 2.24) is 0 Å². The molecular formula is C12H11FO2S. The molecule has 0 aliphatic rings. The molecule has 0 fully saturated rings. The normalized spacial score (nSPS) is 9.38. The Balaban J connectivity index is 2.53. The molecule has 1 aromatic rings. The first-order valence-corrected chi connectivity index (χ1v) is 5.69. The van der Waals surface area contributed by atoms with Gasteiger partial charge in [0.25, 0.3) is 0 Å². The Morgan fingerprint density at radius 1 is 1.56 bits per heavy atom. The summed E-state index contributed by atoms with van der Waals surface area (Å²) in [6.07, 6.45) is 0.557. The van der Waals surface area contributed by atoms with Gasteiger partial charge in [-0.25, -0.2) is 4.39 Å². The van der Waals surface area contributed by atoms with E-state index in [1.54, 1.807) is 0 Å². The largest absolute Gasteiger partial charge is 0.507 e. The van der Waals surface area contributed by atoms with Gasteiger partial charge < -0.3 is 5.11 Å². The van der Waals surface area contributed by atoms with Gasteiger partial charge in [-0.15, -0.1) is 0 Å². The Hall–Kier alpha value is -1.47. The molecule has 4 heteroatoms. The van der Waals surface area contributed by atoms with Gasteiger partial charge in [0.15, 0.2) is 5.12 Å². The molecule has 1 rings (SSSR count). The molecule has 1 N–H and O–H groups in total. The Bertz CT molecular complexity index is 446. The van der Waals surface area contributed by atoms with E-state index in [4.69, 9.17) is 0 Å². The van der Waals surface area contributed by atoms with Crippen LogP contribution in [0.3, 0.4) is 0 Å². The van der Waals surface area contributed by atoms with Crippen LogP contribution in [0.1, 0.15) is 18.9 Å². The smallest absolute Gasteiger partial charge is 0.185 e. The third kappa shape index (κ3) is 4.37. The van der Waals surface area contributed by atoms with Gasteiger partial charge in [-0.1, -0.05) is 23.6 Å². The molecule has 0 spiro atoms. The van der Waals surface area contributed by atoms with Crippen LogP contribution in [-0.2, 0) is 4.79 Å². The van der Waals surface area contributed by atoms with Crippen molar-refractivity contribution in [2.24, 2.45) is 0 Å². The van der Waals surface area contributed by atoms with Crippen LogP contribution in [0.4, 0.5) is 4.39 Å². The first-order chi connectivity index (χ1) is 7.59. The highest BCUT2D eigenvalue weighted by Gasteiger charge is 1.98. The van der Waals surface area contributed by atoms with Gasteiger partial charge in [-0.2, -0.15) is 0 Å². The van der Waals surface area contributed by atoms with E-state index >= 15 is 0 Å². The number of hydrogen-bond acceptors (Lipinski definition) is 3. The highest BCUT2D eigenvalue weighted by Crippen LogP contribution is 2.16. The lowest BCUT2D eigenvalue weighted by molar-refractivity contribution is -0.109. The minimum Gasteiger partial charge on any atom is -0.507 e. The molecule has 0 saturated carbocycles. The van der Waals surface area contributed by atoms with Crippen molar-refractivity contribution in [3.8, 4) is 17.6 Å².